The predicted molar refractivity (Wildman–Crippen MR) is 118 cm³/mol. The Labute approximate surface area is 172 Å². The van der Waals surface area contributed by atoms with Crippen molar-refractivity contribution < 1.29 is 9.47 Å². The molecule has 2 rings (SSSR count). The third-order valence-electron chi connectivity index (χ3n) is 4.44. The van der Waals surface area contributed by atoms with Gasteiger partial charge in [-0.3, -0.25) is 4.99 Å². The molecule has 2 unspecified atom stereocenters. The molecule has 0 aromatic heterocycles. The van der Waals surface area contributed by atoms with Gasteiger partial charge in [0.1, 0.15) is 0 Å². The van der Waals surface area contributed by atoms with Crippen molar-refractivity contribution in [2.45, 2.75) is 37.0 Å². The Kier molecular flexibility index (Phi) is 10.4. The maximum absolute atomic E-state index is 5.35. The van der Waals surface area contributed by atoms with E-state index in [1.165, 1.54) is 24.8 Å². The van der Waals surface area contributed by atoms with Gasteiger partial charge in [0.15, 0.2) is 17.5 Å². The summed E-state index contributed by atoms with van der Waals surface area (Å²) in [5, 5.41) is 7.73. The number of benzene rings is 1. The van der Waals surface area contributed by atoms with E-state index in [1.54, 1.807) is 14.2 Å². The van der Waals surface area contributed by atoms with Gasteiger partial charge >= 0.3 is 0 Å². The first-order valence-corrected chi connectivity index (χ1v) is 9.69. The normalized spacial score (nSPS) is 19.9. The van der Waals surface area contributed by atoms with Gasteiger partial charge < -0.3 is 20.1 Å². The average molecular weight is 479 g/mol. The van der Waals surface area contributed by atoms with Crippen molar-refractivity contribution >= 4 is 41.7 Å². The van der Waals surface area contributed by atoms with Crippen LogP contribution in [0.5, 0.6) is 11.5 Å². The van der Waals surface area contributed by atoms with E-state index < -0.39 is 0 Å². The van der Waals surface area contributed by atoms with Crippen LogP contribution in [0.1, 0.15) is 24.8 Å². The molecule has 1 aromatic rings. The molecule has 0 aliphatic heterocycles. The molecule has 2 N–H and O–H groups in total. The summed E-state index contributed by atoms with van der Waals surface area (Å²) in [4.78, 5) is 4.34. The van der Waals surface area contributed by atoms with Gasteiger partial charge in [0.05, 0.1) is 14.2 Å². The molecule has 142 valence electrons. The number of thioether (sulfide) groups is 1. The Balaban J connectivity index is 0.00000312. The third-order valence-corrected chi connectivity index (χ3v) is 5.53. The van der Waals surface area contributed by atoms with Gasteiger partial charge in [0, 0.05) is 24.9 Å². The van der Waals surface area contributed by atoms with Crippen LogP contribution in [0.2, 0.25) is 0 Å². The van der Waals surface area contributed by atoms with Gasteiger partial charge in [0.2, 0.25) is 0 Å². The second kappa shape index (κ2) is 11.7. The summed E-state index contributed by atoms with van der Waals surface area (Å²) in [6, 6.07) is 6.58. The third kappa shape index (κ3) is 6.77. The first-order chi connectivity index (χ1) is 11.7. The molecule has 5 nitrogen and oxygen atoms in total. The van der Waals surface area contributed by atoms with Gasteiger partial charge in [-0.25, -0.2) is 0 Å². The fourth-order valence-corrected chi connectivity index (χ4v) is 3.83. The zero-order valence-electron chi connectivity index (χ0n) is 15.5. The lowest BCUT2D eigenvalue weighted by atomic mass is 10.1. The Bertz CT molecular complexity index is 557. The molecule has 0 amide bonds. The van der Waals surface area contributed by atoms with Crippen LogP contribution < -0.4 is 20.1 Å². The van der Waals surface area contributed by atoms with E-state index in [2.05, 4.69) is 27.9 Å². The quantitative estimate of drug-likeness (QED) is 0.357. The summed E-state index contributed by atoms with van der Waals surface area (Å²) in [7, 11) is 5.14. The zero-order chi connectivity index (χ0) is 17.4. The highest BCUT2D eigenvalue weighted by Crippen LogP contribution is 2.28. The molecule has 0 heterocycles. The summed E-state index contributed by atoms with van der Waals surface area (Å²) >= 11 is 1.97. The van der Waals surface area contributed by atoms with E-state index in [1.807, 2.05) is 30.9 Å². The Morgan fingerprint density at radius 2 is 2.00 bits per heavy atom. The minimum absolute atomic E-state index is 0. The van der Waals surface area contributed by atoms with Crippen molar-refractivity contribution in [2.75, 3.05) is 34.1 Å². The second-order valence-electron chi connectivity index (χ2n) is 5.95. The Morgan fingerprint density at radius 3 is 2.60 bits per heavy atom. The van der Waals surface area contributed by atoms with Gasteiger partial charge in [-0.15, -0.1) is 24.0 Å². The molecular formula is C18H30IN3O2S. The minimum Gasteiger partial charge on any atom is -0.493 e. The number of guanidine groups is 1. The van der Waals surface area contributed by atoms with Gasteiger partial charge in [0.25, 0.3) is 0 Å². The number of ether oxygens (including phenoxy) is 2. The van der Waals surface area contributed by atoms with E-state index in [4.69, 9.17) is 9.47 Å². The van der Waals surface area contributed by atoms with Crippen molar-refractivity contribution in [3.05, 3.63) is 23.8 Å². The number of aliphatic imine (C=N–C) groups is 1. The molecule has 2 atom stereocenters. The lowest BCUT2D eigenvalue weighted by Crippen LogP contribution is -2.43. The lowest BCUT2D eigenvalue weighted by Gasteiger charge is -2.17. The summed E-state index contributed by atoms with van der Waals surface area (Å²) in [5.41, 5.74) is 1.21. The van der Waals surface area contributed by atoms with Crippen LogP contribution in [-0.2, 0) is 6.42 Å². The largest absolute Gasteiger partial charge is 0.493 e. The predicted octanol–water partition coefficient (Wildman–Crippen LogP) is 3.31. The standard InChI is InChI=1S/C18H29N3O2S.HI/c1-19-18(21-14-6-7-15(12-14)24-4)20-10-9-13-5-8-16(22-2)17(11-13)23-3;/h5,8,11,14-15H,6-7,9-10,12H2,1-4H3,(H2,19,20,21);1H. The highest BCUT2D eigenvalue weighted by molar-refractivity contribution is 14.0. The van der Waals surface area contributed by atoms with Crippen LogP contribution in [0.4, 0.5) is 0 Å². The fourth-order valence-electron chi connectivity index (χ4n) is 3.03. The highest BCUT2D eigenvalue weighted by Gasteiger charge is 2.24. The van der Waals surface area contributed by atoms with E-state index in [-0.39, 0.29) is 24.0 Å². The molecule has 25 heavy (non-hydrogen) atoms. The minimum atomic E-state index is 0. The molecule has 1 fully saturated rings. The smallest absolute Gasteiger partial charge is 0.191 e. The van der Waals surface area contributed by atoms with Crippen molar-refractivity contribution in [1.29, 1.82) is 0 Å². The topological polar surface area (TPSA) is 54.9 Å². The van der Waals surface area contributed by atoms with Crippen LogP contribution in [0, 0.1) is 0 Å². The zero-order valence-corrected chi connectivity index (χ0v) is 18.6. The Morgan fingerprint density at radius 1 is 1.24 bits per heavy atom. The van der Waals surface area contributed by atoms with Crippen LogP contribution in [0.25, 0.3) is 0 Å². The van der Waals surface area contributed by atoms with E-state index in [9.17, 15) is 0 Å². The molecule has 0 saturated heterocycles. The van der Waals surface area contributed by atoms with Gasteiger partial charge in [-0.1, -0.05) is 6.07 Å². The number of hydrogen-bond acceptors (Lipinski definition) is 4. The van der Waals surface area contributed by atoms with Gasteiger partial charge in [-0.05, 0) is 49.6 Å². The van der Waals surface area contributed by atoms with Crippen molar-refractivity contribution in [3.63, 3.8) is 0 Å². The van der Waals surface area contributed by atoms with Crippen molar-refractivity contribution in [1.82, 2.24) is 10.6 Å². The molecule has 1 saturated carbocycles. The first kappa shape index (κ1) is 22.2. The van der Waals surface area contributed by atoms with Gasteiger partial charge in [-0.2, -0.15) is 11.8 Å². The maximum atomic E-state index is 5.35. The van der Waals surface area contributed by atoms with Crippen molar-refractivity contribution in [2.24, 2.45) is 4.99 Å². The van der Waals surface area contributed by atoms with Crippen LogP contribution in [0.15, 0.2) is 23.2 Å². The number of nitrogens with one attached hydrogen (secondary N) is 2. The Hall–Kier alpha value is -0.830. The van der Waals surface area contributed by atoms with E-state index >= 15 is 0 Å². The SMILES string of the molecule is CN=C(NCCc1ccc(OC)c(OC)c1)NC1CCC(SC)C1.I. The number of nitrogens with zero attached hydrogens (tertiary/aromatic N) is 1. The molecular weight excluding hydrogens is 449 g/mol. The fraction of sp³-hybridized carbons (Fsp3) is 0.611. The molecule has 1 aliphatic carbocycles. The summed E-state index contributed by atoms with van der Waals surface area (Å²) in [6.07, 6.45) is 6.84. The van der Waals surface area contributed by atoms with Crippen LogP contribution in [-0.4, -0.2) is 51.3 Å². The number of hydrogen-bond donors (Lipinski definition) is 2. The van der Waals surface area contributed by atoms with Crippen LogP contribution in [0.3, 0.4) is 0 Å². The molecule has 1 aliphatic rings. The van der Waals surface area contributed by atoms with Crippen molar-refractivity contribution in [3.8, 4) is 11.5 Å². The molecule has 1 aromatic carbocycles. The molecule has 0 spiro atoms. The molecule has 0 radical (unpaired) electrons. The monoisotopic (exact) mass is 479 g/mol. The lowest BCUT2D eigenvalue weighted by molar-refractivity contribution is 0.354. The molecule has 7 heteroatoms. The second-order valence-corrected chi connectivity index (χ2v) is 7.09. The summed E-state index contributed by atoms with van der Waals surface area (Å²) in [5.74, 6) is 2.42. The number of methoxy groups -OCH3 is 2. The summed E-state index contributed by atoms with van der Waals surface area (Å²) in [6.45, 7) is 0.827. The average Bonchev–Trinajstić information content (AvgIpc) is 3.08. The highest BCUT2D eigenvalue weighted by atomic mass is 127. The molecule has 0 bridgehead atoms. The number of halogens is 1. The first-order valence-electron chi connectivity index (χ1n) is 8.41. The van der Waals surface area contributed by atoms with Crippen LogP contribution >= 0.6 is 35.7 Å². The number of rotatable bonds is 7. The van der Waals surface area contributed by atoms with E-state index in [0.717, 1.165) is 35.7 Å². The maximum Gasteiger partial charge on any atom is 0.191 e. The summed E-state index contributed by atoms with van der Waals surface area (Å²) < 4.78 is 10.6. The van der Waals surface area contributed by atoms with E-state index in [0.29, 0.717) is 6.04 Å².